The first kappa shape index (κ1) is 24.6. The minimum Gasteiger partial charge on any atom is -0.490 e. The maximum absolute atomic E-state index is 14.1. The topological polar surface area (TPSA) is 42.3 Å². The maximum Gasteiger partial charge on any atom is 0.174 e. The van der Waals surface area contributed by atoms with Crippen molar-refractivity contribution in [2.24, 2.45) is 0 Å². The molecule has 2 atom stereocenters. The van der Waals surface area contributed by atoms with E-state index in [0.717, 1.165) is 52.6 Å². The van der Waals surface area contributed by atoms with Crippen molar-refractivity contribution < 1.29 is 9.13 Å². The number of thiocarbonyl (C=S) groups is 1. The lowest BCUT2D eigenvalue weighted by atomic mass is 9.96. The van der Waals surface area contributed by atoms with Gasteiger partial charge in [-0.05, 0) is 118 Å². The van der Waals surface area contributed by atoms with Crippen LogP contribution in [0.5, 0.6) is 5.75 Å². The number of hydrogen-bond acceptors (Lipinski definition) is 3. The zero-order valence-electron chi connectivity index (χ0n) is 21.6. The van der Waals surface area contributed by atoms with Crippen molar-refractivity contribution in [2.75, 3.05) is 4.90 Å². The molecule has 2 aromatic heterocycles. The van der Waals surface area contributed by atoms with Crippen molar-refractivity contribution in [3.05, 3.63) is 107 Å². The molecule has 1 saturated carbocycles. The van der Waals surface area contributed by atoms with E-state index in [1.165, 1.54) is 18.9 Å². The number of aromatic nitrogens is 2. The Morgan fingerprint density at radius 1 is 0.947 bits per heavy atom. The molecular weight excluding hydrogens is 495 g/mol. The fourth-order valence-corrected chi connectivity index (χ4v) is 6.28. The van der Waals surface area contributed by atoms with Gasteiger partial charge in [0.15, 0.2) is 5.11 Å². The predicted octanol–water partition coefficient (Wildman–Crippen LogP) is 7.13. The van der Waals surface area contributed by atoms with Gasteiger partial charge in [0.25, 0.3) is 0 Å². The monoisotopic (exact) mass is 526 g/mol. The third-order valence-electron chi connectivity index (χ3n) is 7.67. The number of pyridine rings is 1. The number of aryl methyl sites for hydroxylation is 1. The summed E-state index contributed by atoms with van der Waals surface area (Å²) in [6.45, 7) is 4.14. The molecule has 5 nitrogen and oxygen atoms in total. The van der Waals surface area contributed by atoms with Crippen molar-refractivity contribution in [2.45, 2.75) is 57.7 Å². The molecule has 194 valence electrons. The number of nitrogens with zero attached hydrogens (tertiary/aromatic N) is 3. The Morgan fingerprint density at radius 2 is 1.74 bits per heavy atom. The summed E-state index contributed by atoms with van der Waals surface area (Å²) in [5.41, 5.74) is 5.88. The maximum atomic E-state index is 14.1. The van der Waals surface area contributed by atoms with Crippen LogP contribution in [0.1, 0.15) is 60.4 Å². The first-order valence-corrected chi connectivity index (χ1v) is 13.6. The summed E-state index contributed by atoms with van der Waals surface area (Å²) < 4.78 is 22.4. The van der Waals surface area contributed by atoms with Crippen molar-refractivity contribution in [3.63, 3.8) is 0 Å². The SMILES string of the molecule is Cc1cc([C@H]2[C@H](c3ccccn3)NC(=S)N2c2ccc(OC3CCCC3)cc2)c(C)n1-c1cccc(F)c1. The highest BCUT2D eigenvalue weighted by atomic mass is 32.1. The number of nitrogens with one attached hydrogen (secondary N) is 1. The second-order valence-corrected chi connectivity index (χ2v) is 10.5. The van der Waals surface area contributed by atoms with Crippen LogP contribution < -0.4 is 15.0 Å². The zero-order chi connectivity index (χ0) is 26.2. The molecule has 6 rings (SSSR count). The van der Waals surface area contributed by atoms with Gasteiger partial charge in [-0.15, -0.1) is 0 Å². The van der Waals surface area contributed by atoms with Crippen LogP contribution >= 0.6 is 12.2 Å². The molecule has 7 heteroatoms. The van der Waals surface area contributed by atoms with E-state index in [2.05, 4.69) is 51.8 Å². The number of hydrogen-bond donors (Lipinski definition) is 1. The minimum absolute atomic E-state index is 0.146. The van der Waals surface area contributed by atoms with Gasteiger partial charge in [0.1, 0.15) is 11.6 Å². The van der Waals surface area contributed by atoms with Crippen molar-refractivity contribution in [1.29, 1.82) is 0 Å². The third kappa shape index (κ3) is 4.56. The van der Waals surface area contributed by atoms with E-state index in [4.69, 9.17) is 17.0 Å². The lowest BCUT2D eigenvalue weighted by Crippen LogP contribution is -2.29. The summed E-state index contributed by atoms with van der Waals surface area (Å²) in [5.74, 6) is 0.633. The first-order chi connectivity index (χ1) is 18.5. The molecule has 2 aromatic carbocycles. The van der Waals surface area contributed by atoms with Gasteiger partial charge in [-0.25, -0.2) is 4.39 Å². The summed E-state index contributed by atoms with van der Waals surface area (Å²) in [4.78, 5) is 6.85. The molecule has 38 heavy (non-hydrogen) atoms. The van der Waals surface area contributed by atoms with Gasteiger partial charge in [-0.2, -0.15) is 0 Å². The van der Waals surface area contributed by atoms with Crippen LogP contribution in [0, 0.1) is 19.7 Å². The van der Waals surface area contributed by atoms with Crippen LogP contribution in [0.25, 0.3) is 5.69 Å². The second-order valence-electron chi connectivity index (χ2n) is 10.2. The van der Waals surface area contributed by atoms with Crippen LogP contribution in [0.3, 0.4) is 0 Å². The lowest BCUT2D eigenvalue weighted by Gasteiger charge is -2.28. The Hall–Kier alpha value is -3.71. The molecule has 1 aliphatic heterocycles. The van der Waals surface area contributed by atoms with Crippen LogP contribution in [-0.4, -0.2) is 20.8 Å². The van der Waals surface area contributed by atoms with E-state index in [9.17, 15) is 4.39 Å². The molecular formula is C31H31FN4OS. The van der Waals surface area contributed by atoms with Crippen molar-refractivity contribution in [3.8, 4) is 11.4 Å². The minimum atomic E-state index is -0.256. The van der Waals surface area contributed by atoms with Crippen LogP contribution in [0.15, 0.2) is 79.0 Å². The largest absolute Gasteiger partial charge is 0.490 e. The molecule has 0 spiro atoms. The fraction of sp³-hybridized carbons (Fsp3) is 0.290. The van der Waals surface area contributed by atoms with E-state index in [1.54, 1.807) is 12.1 Å². The highest BCUT2D eigenvalue weighted by Gasteiger charge is 2.42. The second kappa shape index (κ2) is 10.2. The molecule has 2 fully saturated rings. The molecule has 0 bridgehead atoms. The number of rotatable bonds is 6. The molecule has 4 aromatic rings. The standard InChI is InChI=1S/C31H31FN4OS/c1-20-18-27(21(2)35(20)24-9-7-8-22(32)19-24)30-29(28-12-5-6-17-33-28)34-31(38)36(30)23-13-15-26(16-14-23)37-25-10-3-4-11-25/h5-9,12-19,25,29-30H,3-4,10-11H2,1-2H3,(H,34,38)/t29-,30-/m0/s1. The van der Waals surface area contributed by atoms with Crippen molar-refractivity contribution in [1.82, 2.24) is 14.9 Å². The summed E-state index contributed by atoms with van der Waals surface area (Å²) in [7, 11) is 0. The average molecular weight is 527 g/mol. The average Bonchev–Trinajstić information content (AvgIpc) is 3.63. The van der Waals surface area contributed by atoms with Crippen LogP contribution in [0.2, 0.25) is 0 Å². The predicted molar refractivity (Wildman–Crippen MR) is 152 cm³/mol. The lowest BCUT2D eigenvalue weighted by molar-refractivity contribution is 0.210. The molecule has 1 aliphatic carbocycles. The van der Waals surface area contributed by atoms with E-state index < -0.39 is 0 Å². The Bertz CT molecular complexity index is 1450. The van der Waals surface area contributed by atoms with Gasteiger partial charge in [0.2, 0.25) is 0 Å². The number of halogens is 1. The van der Waals surface area contributed by atoms with Crippen LogP contribution in [-0.2, 0) is 0 Å². The van der Waals surface area contributed by atoms with E-state index in [1.807, 2.05) is 42.6 Å². The summed E-state index contributed by atoms with van der Waals surface area (Å²) in [6, 6.07) is 22.8. The quantitative estimate of drug-likeness (QED) is 0.271. The summed E-state index contributed by atoms with van der Waals surface area (Å²) >= 11 is 5.92. The Balaban J connectivity index is 1.41. The molecule has 0 radical (unpaired) electrons. The molecule has 1 saturated heterocycles. The fourth-order valence-electron chi connectivity index (χ4n) is 5.93. The number of ether oxygens (including phenoxy) is 1. The summed E-state index contributed by atoms with van der Waals surface area (Å²) in [6.07, 6.45) is 6.84. The van der Waals surface area contributed by atoms with Gasteiger partial charge in [-0.1, -0.05) is 12.1 Å². The molecule has 0 amide bonds. The smallest absolute Gasteiger partial charge is 0.174 e. The molecule has 1 N–H and O–H groups in total. The van der Waals surface area contributed by atoms with E-state index in [-0.39, 0.29) is 17.9 Å². The highest BCUT2D eigenvalue weighted by molar-refractivity contribution is 7.80. The molecule has 0 unspecified atom stereocenters. The number of benzene rings is 2. The molecule has 3 heterocycles. The van der Waals surface area contributed by atoms with Gasteiger partial charge >= 0.3 is 0 Å². The Kier molecular flexibility index (Phi) is 6.62. The van der Waals surface area contributed by atoms with E-state index in [0.29, 0.717) is 11.2 Å². The number of anilines is 1. The van der Waals surface area contributed by atoms with Gasteiger partial charge in [-0.3, -0.25) is 4.98 Å². The normalized spacial score (nSPS) is 19.7. The Morgan fingerprint density at radius 3 is 2.45 bits per heavy atom. The summed E-state index contributed by atoms with van der Waals surface area (Å²) in [5, 5.41) is 4.18. The van der Waals surface area contributed by atoms with Crippen molar-refractivity contribution >= 4 is 23.0 Å². The van der Waals surface area contributed by atoms with Gasteiger partial charge in [0.05, 0.1) is 23.9 Å². The first-order valence-electron chi connectivity index (χ1n) is 13.2. The van der Waals surface area contributed by atoms with E-state index >= 15 is 0 Å². The Labute approximate surface area is 228 Å². The zero-order valence-corrected chi connectivity index (χ0v) is 22.4. The highest BCUT2D eigenvalue weighted by Crippen LogP contribution is 2.44. The van der Waals surface area contributed by atoms with Gasteiger partial charge in [0, 0.05) is 29.0 Å². The third-order valence-corrected chi connectivity index (χ3v) is 7.99. The van der Waals surface area contributed by atoms with Crippen LogP contribution in [0.4, 0.5) is 10.1 Å². The van der Waals surface area contributed by atoms with Gasteiger partial charge < -0.3 is 19.5 Å². The molecule has 2 aliphatic rings.